The van der Waals surface area contributed by atoms with Crippen molar-refractivity contribution in [3.05, 3.63) is 29.3 Å². The molecule has 0 spiro atoms. The second-order valence-corrected chi connectivity index (χ2v) is 4.89. The number of phenolic OH excluding ortho intramolecular Hbond substituents is 1. The Kier molecular flexibility index (Phi) is 5.63. The number of aryl methyl sites for hydroxylation is 1. The fourth-order valence-electron chi connectivity index (χ4n) is 2.56. The number of ether oxygens (including phenoxy) is 2. The summed E-state index contributed by atoms with van der Waals surface area (Å²) < 4.78 is 10.4. The Bertz CT molecular complexity index is 395. The maximum atomic E-state index is 9.52. The minimum atomic E-state index is 0.363. The number of benzene rings is 1. The molecule has 0 bridgehead atoms. The van der Waals surface area contributed by atoms with Crippen LogP contribution >= 0.6 is 0 Å². The Labute approximate surface area is 114 Å². The summed E-state index contributed by atoms with van der Waals surface area (Å²) in [6.45, 7) is 2.83. The van der Waals surface area contributed by atoms with Crippen LogP contribution in [0.3, 0.4) is 0 Å². The van der Waals surface area contributed by atoms with E-state index in [4.69, 9.17) is 9.47 Å². The highest BCUT2D eigenvalue weighted by Gasteiger charge is 2.19. The molecule has 1 aromatic rings. The van der Waals surface area contributed by atoms with Gasteiger partial charge < -0.3 is 19.9 Å². The van der Waals surface area contributed by atoms with Gasteiger partial charge in [-0.25, -0.2) is 0 Å². The van der Waals surface area contributed by atoms with E-state index in [1.54, 1.807) is 13.2 Å². The molecule has 0 radical (unpaired) electrons. The van der Waals surface area contributed by atoms with Crippen LogP contribution in [-0.4, -0.2) is 38.6 Å². The van der Waals surface area contributed by atoms with E-state index in [0.717, 1.165) is 19.4 Å². The normalized spacial score (nSPS) is 18.3. The summed E-state index contributed by atoms with van der Waals surface area (Å²) >= 11 is 0. The summed E-state index contributed by atoms with van der Waals surface area (Å²) in [5.41, 5.74) is 2.59. The molecule has 2 N–H and O–H groups in total. The summed E-state index contributed by atoms with van der Waals surface area (Å²) in [5, 5.41) is 13.0. The standard InChI is InChI=1S/C15H23NO3/c1-18-9-10-19-8-7-16-15-4-2-3-12-11-13(17)5-6-14(12)15/h5-6,11,15-17H,2-4,7-10H2,1H3. The molecule has 19 heavy (non-hydrogen) atoms. The number of nitrogens with one attached hydrogen (secondary N) is 1. The summed E-state index contributed by atoms with van der Waals surface area (Å²) in [5.74, 6) is 0.363. The zero-order valence-electron chi connectivity index (χ0n) is 11.5. The summed E-state index contributed by atoms with van der Waals surface area (Å²) in [6, 6.07) is 6.08. The first-order valence-electron chi connectivity index (χ1n) is 6.93. The maximum absolute atomic E-state index is 9.52. The fraction of sp³-hybridized carbons (Fsp3) is 0.600. The summed E-state index contributed by atoms with van der Waals surface area (Å²) in [6.07, 6.45) is 3.38. The minimum Gasteiger partial charge on any atom is -0.508 e. The maximum Gasteiger partial charge on any atom is 0.115 e. The van der Waals surface area contributed by atoms with Crippen LogP contribution in [0.25, 0.3) is 0 Å². The van der Waals surface area contributed by atoms with E-state index in [9.17, 15) is 5.11 Å². The van der Waals surface area contributed by atoms with Gasteiger partial charge in [0.25, 0.3) is 0 Å². The van der Waals surface area contributed by atoms with E-state index in [-0.39, 0.29) is 0 Å². The van der Waals surface area contributed by atoms with Crippen LogP contribution in [0.5, 0.6) is 5.75 Å². The van der Waals surface area contributed by atoms with Gasteiger partial charge in [0, 0.05) is 19.7 Å². The van der Waals surface area contributed by atoms with Crippen molar-refractivity contribution in [2.75, 3.05) is 33.5 Å². The Morgan fingerprint density at radius 3 is 3.05 bits per heavy atom. The van der Waals surface area contributed by atoms with Crippen molar-refractivity contribution in [1.29, 1.82) is 0 Å². The highest BCUT2D eigenvalue weighted by Crippen LogP contribution is 2.31. The lowest BCUT2D eigenvalue weighted by Crippen LogP contribution is -2.28. The number of hydrogen-bond acceptors (Lipinski definition) is 4. The van der Waals surface area contributed by atoms with Crippen LogP contribution in [0.15, 0.2) is 18.2 Å². The van der Waals surface area contributed by atoms with Crippen molar-refractivity contribution in [3.63, 3.8) is 0 Å². The van der Waals surface area contributed by atoms with E-state index in [1.807, 2.05) is 12.1 Å². The molecule has 4 nitrogen and oxygen atoms in total. The molecule has 0 heterocycles. The van der Waals surface area contributed by atoms with Gasteiger partial charge >= 0.3 is 0 Å². The van der Waals surface area contributed by atoms with Gasteiger partial charge in [0.2, 0.25) is 0 Å². The lowest BCUT2D eigenvalue weighted by Gasteiger charge is -2.26. The molecule has 1 aromatic carbocycles. The highest BCUT2D eigenvalue weighted by atomic mass is 16.5. The number of aromatic hydroxyl groups is 1. The van der Waals surface area contributed by atoms with E-state index in [0.29, 0.717) is 31.6 Å². The minimum absolute atomic E-state index is 0.363. The van der Waals surface area contributed by atoms with Crippen molar-refractivity contribution in [3.8, 4) is 5.75 Å². The van der Waals surface area contributed by atoms with Crippen LogP contribution in [-0.2, 0) is 15.9 Å². The van der Waals surface area contributed by atoms with Gasteiger partial charge in [-0.2, -0.15) is 0 Å². The zero-order valence-corrected chi connectivity index (χ0v) is 11.5. The van der Waals surface area contributed by atoms with Crippen molar-refractivity contribution in [1.82, 2.24) is 5.32 Å². The average Bonchev–Trinajstić information content (AvgIpc) is 2.42. The third-order valence-electron chi connectivity index (χ3n) is 3.51. The van der Waals surface area contributed by atoms with Crippen LogP contribution in [0.4, 0.5) is 0 Å². The molecule has 0 aromatic heterocycles. The third kappa shape index (κ3) is 4.20. The number of fused-ring (bicyclic) bond motifs is 1. The van der Waals surface area contributed by atoms with E-state index >= 15 is 0 Å². The number of rotatable bonds is 7. The van der Waals surface area contributed by atoms with Crippen molar-refractivity contribution in [2.45, 2.75) is 25.3 Å². The summed E-state index contributed by atoms with van der Waals surface area (Å²) in [7, 11) is 1.68. The molecule has 0 aliphatic heterocycles. The van der Waals surface area contributed by atoms with Crippen LogP contribution in [0.2, 0.25) is 0 Å². The van der Waals surface area contributed by atoms with Gasteiger partial charge in [0.05, 0.1) is 19.8 Å². The summed E-state index contributed by atoms with van der Waals surface area (Å²) in [4.78, 5) is 0. The molecule has 0 fully saturated rings. The average molecular weight is 265 g/mol. The monoisotopic (exact) mass is 265 g/mol. The number of hydrogen-bond donors (Lipinski definition) is 2. The van der Waals surface area contributed by atoms with Crippen molar-refractivity contribution < 1.29 is 14.6 Å². The van der Waals surface area contributed by atoms with E-state index in [1.165, 1.54) is 17.5 Å². The van der Waals surface area contributed by atoms with Gasteiger partial charge in [-0.15, -0.1) is 0 Å². The smallest absolute Gasteiger partial charge is 0.115 e. The predicted molar refractivity (Wildman–Crippen MR) is 74.5 cm³/mol. The zero-order chi connectivity index (χ0) is 13.5. The Morgan fingerprint density at radius 1 is 1.32 bits per heavy atom. The molecule has 1 aliphatic rings. The lowest BCUT2D eigenvalue weighted by molar-refractivity contribution is 0.0708. The predicted octanol–water partition coefficient (Wildman–Crippen LogP) is 2.02. The van der Waals surface area contributed by atoms with Crippen molar-refractivity contribution in [2.24, 2.45) is 0 Å². The molecular weight excluding hydrogens is 242 g/mol. The Balaban J connectivity index is 1.79. The number of methoxy groups -OCH3 is 1. The third-order valence-corrected chi connectivity index (χ3v) is 3.51. The van der Waals surface area contributed by atoms with Crippen LogP contribution in [0.1, 0.15) is 30.0 Å². The molecule has 2 rings (SSSR count). The van der Waals surface area contributed by atoms with Gasteiger partial charge in [0.15, 0.2) is 0 Å². The van der Waals surface area contributed by atoms with Gasteiger partial charge in [-0.3, -0.25) is 0 Å². The molecule has 1 unspecified atom stereocenters. The quantitative estimate of drug-likeness (QED) is 0.741. The second-order valence-electron chi connectivity index (χ2n) is 4.89. The molecule has 0 saturated heterocycles. The van der Waals surface area contributed by atoms with Gasteiger partial charge in [0.1, 0.15) is 5.75 Å². The van der Waals surface area contributed by atoms with Gasteiger partial charge in [-0.05, 0) is 42.5 Å². The first-order chi connectivity index (χ1) is 9.31. The molecule has 1 aliphatic carbocycles. The van der Waals surface area contributed by atoms with Crippen molar-refractivity contribution >= 4 is 0 Å². The van der Waals surface area contributed by atoms with Gasteiger partial charge in [-0.1, -0.05) is 6.07 Å². The number of phenols is 1. The van der Waals surface area contributed by atoms with Crippen LogP contribution < -0.4 is 5.32 Å². The molecule has 106 valence electrons. The topological polar surface area (TPSA) is 50.7 Å². The lowest BCUT2D eigenvalue weighted by atomic mass is 9.87. The molecule has 4 heteroatoms. The van der Waals surface area contributed by atoms with E-state index < -0.39 is 0 Å². The molecule has 1 atom stereocenters. The van der Waals surface area contributed by atoms with E-state index in [2.05, 4.69) is 5.32 Å². The fourth-order valence-corrected chi connectivity index (χ4v) is 2.56. The first kappa shape index (κ1) is 14.3. The molecule has 0 amide bonds. The highest BCUT2D eigenvalue weighted by molar-refractivity contribution is 5.38. The first-order valence-corrected chi connectivity index (χ1v) is 6.93. The largest absolute Gasteiger partial charge is 0.508 e. The second kappa shape index (κ2) is 7.48. The van der Waals surface area contributed by atoms with Crippen LogP contribution in [0, 0.1) is 0 Å². The Hall–Kier alpha value is -1.10. The molecular formula is C15H23NO3. The SMILES string of the molecule is COCCOCCNC1CCCc2cc(O)ccc21. The Morgan fingerprint density at radius 2 is 2.21 bits per heavy atom. The molecule has 0 saturated carbocycles.